The third-order valence-electron chi connectivity index (χ3n) is 4.87. The minimum absolute atomic E-state index is 0.244. The van der Waals surface area contributed by atoms with E-state index in [1.54, 1.807) is 45.9 Å². The summed E-state index contributed by atoms with van der Waals surface area (Å²) in [6, 6.07) is 33.7. The molecule has 0 bridgehead atoms. The molecule has 4 aromatic rings. The van der Waals surface area contributed by atoms with Crippen molar-refractivity contribution in [1.82, 2.24) is 0 Å². The van der Waals surface area contributed by atoms with Gasteiger partial charge >= 0.3 is 0 Å². The van der Waals surface area contributed by atoms with Crippen LogP contribution in [0.25, 0.3) is 0 Å². The molecule has 0 saturated carbocycles. The van der Waals surface area contributed by atoms with Gasteiger partial charge in [-0.15, -0.1) is 0 Å². The Morgan fingerprint density at radius 3 is 1.45 bits per heavy atom. The Morgan fingerprint density at radius 1 is 0.636 bits per heavy atom. The van der Waals surface area contributed by atoms with Crippen LogP contribution in [0.3, 0.4) is 0 Å². The first-order valence-electron chi connectivity index (χ1n) is 10.6. The number of hydrogen-bond donors (Lipinski definition) is 0. The van der Waals surface area contributed by atoms with Crippen molar-refractivity contribution in [3.05, 3.63) is 125 Å². The number of carbonyl (C=O) groups excluding carboxylic acids is 1. The molecule has 33 heavy (non-hydrogen) atoms. The Kier molecular flexibility index (Phi) is 9.62. The Balaban J connectivity index is 0.000000194. The summed E-state index contributed by atoms with van der Waals surface area (Å²) < 4.78 is 12.4. The van der Waals surface area contributed by atoms with Crippen LogP contribution in [0.5, 0.6) is 0 Å². The number of carbonyl (C=O) groups is 1. The molecule has 5 heteroatoms. The van der Waals surface area contributed by atoms with Crippen molar-refractivity contribution < 1.29 is 9.36 Å². The minimum Gasteiger partial charge on any atom is -0.313 e. The zero-order valence-electron chi connectivity index (χ0n) is 18.9. The second-order valence-corrected chi connectivity index (χ2v) is 11.6. The molecule has 2 nitrogen and oxygen atoms in total. The first-order valence-corrected chi connectivity index (χ1v) is 14.2. The van der Waals surface area contributed by atoms with Crippen LogP contribution >= 0.6 is 29.4 Å². The van der Waals surface area contributed by atoms with Crippen LogP contribution in [0.15, 0.2) is 113 Å². The van der Waals surface area contributed by atoms with Gasteiger partial charge in [0.15, 0.2) is 7.80 Å². The first kappa shape index (κ1) is 25.1. The Morgan fingerprint density at radius 2 is 1.03 bits per heavy atom. The summed E-state index contributed by atoms with van der Waals surface area (Å²) in [6.45, 7) is 5.79. The highest BCUT2D eigenvalue weighted by Crippen LogP contribution is 2.36. The van der Waals surface area contributed by atoms with Crippen molar-refractivity contribution in [3.8, 4) is 0 Å². The lowest BCUT2D eigenvalue weighted by Crippen LogP contribution is -2.07. The summed E-state index contributed by atoms with van der Waals surface area (Å²) in [4.78, 5) is 15.0. The highest BCUT2D eigenvalue weighted by Gasteiger charge is 2.20. The summed E-state index contributed by atoms with van der Waals surface area (Å²) in [5.74, 6) is 0. The van der Waals surface area contributed by atoms with Gasteiger partial charge in [0.05, 0.1) is 0 Å². The van der Waals surface area contributed by atoms with Gasteiger partial charge in [-0.2, -0.15) is 0 Å². The molecule has 0 amide bonds. The summed E-state index contributed by atoms with van der Waals surface area (Å²) >= 11 is 0. The molecule has 0 saturated heterocycles. The summed E-state index contributed by atoms with van der Waals surface area (Å²) in [5.41, 5.74) is 3.28. The summed E-state index contributed by atoms with van der Waals surface area (Å²) in [6.07, 6.45) is 0. The van der Waals surface area contributed by atoms with Crippen molar-refractivity contribution in [1.29, 1.82) is 0 Å². The van der Waals surface area contributed by atoms with Crippen molar-refractivity contribution in [2.24, 2.45) is 0 Å². The molecule has 4 aromatic carbocycles. The lowest BCUT2D eigenvalue weighted by atomic mass is 10.0. The molecular formula is C28H27O2PS2. The molecule has 0 heterocycles. The molecule has 0 aromatic heterocycles. The van der Waals surface area contributed by atoms with E-state index in [0.717, 1.165) is 16.7 Å². The molecule has 0 N–H and O–H groups in total. The quantitative estimate of drug-likeness (QED) is 0.202. The average Bonchev–Trinajstić information content (AvgIpc) is 2.84. The first-order chi connectivity index (χ1) is 16.0. The Bertz CT molecular complexity index is 1150. The summed E-state index contributed by atoms with van der Waals surface area (Å²) in [5, 5.41) is 0.622. The van der Waals surface area contributed by atoms with Crippen LogP contribution in [0.4, 0.5) is 0 Å². The number of benzene rings is 4. The van der Waals surface area contributed by atoms with Crippen molar-refractivity contribution in [3.63, 3.8) is 0 Å². The maximum absolute atomic E-state index is 12.4. The number of aryl methyl sites for hydroxylation is 3. The maximum Gasteiger partial charge on any atom is 0.223 e. The molecule has 1 unspecified atom stereocenters. The molecular weight excluding hydrogens is 463 g/mol. The van der Waals surface area contributed by atoms with E-state index < -0.39 is 7.80 Å². The second kappa shape index (κ2) is 12.6. The molecule has 0 radical (unpaired) electrons. The van der Waals surface area contributed by atoms with Crippen molar-refractivity contribution in [2.45, 2.75) is 30.6 Å². The zero-order valence-corrected chi connectivity index (χ0v) is 21.6. The lowest BCUT2D eigenvalue weighted by Gasteiger charge is -2.10. The fraction of sp³-hybridized carbons (Fsp3) is 0.107. The highest BCUT2D eigenvalue weighted by atomic mass is 33.1. The number of hydrogen-bond acceptors (Lipinski definition) is 4. The maximum atomic E-state index is 12.4. The molecule has 4 rings (SSSR count). The molecule has 0 spiro atoms. The summed E-state index contributed by atoms with van der Waals surface area (Å²) in [7, 11) is 1.14. The largest absolute Gasteiger partial charge is 0.313 e. The SMILES string of the molecule is Cc1cc(C)c(C(=O)[PH](=O)c2ccccc2)c(C)c1.c1ccc(SSc2ccccc2)cc1. The second-order valence-electron chi connectivity index (χ2n) is 7.59. The lowest BCUT2D eigenvalue weighted by molar-refractivity contribution is 0.107. The predicted molar refractivity (Wildman–Crippen MR) is 145 cm³/mol. The van der Waals surface area contributed by atoms with E-state index in [1.807, 2.05) is 51.1 Å². The van der Waals surface area contributed by atoms with E-state index in [9.17, 15) is 9.36 Å². The van der Waals surface area contributed by atoms with Crippen LogP contribution in [0, 0.1) is 20.8 Å². The minimum atomic E-state index is -2.44. The van der Waals surface area contributed by atoms with Crippen LogP contribution in [0.1, 0.15) is 27.0 Å². The van der Waals surface area contributed by atoms with E-state index >= 15 is 0 Å². The molecule has 0 aliphatic heterocycles. The van der Waals surface area contributed by atoms with E-state index in [0.29, 0.717) is 10.9 Å². The molecule has 168 valence electrons. The standard InChI is InChI=1S/C16H17O2P.C12H10S2/c1-11-9-12(2)15(13(3)10-11)16(17)19(18)14-7-5-4-6-8-14;1-3-7-11(8-4-1)13-14-12-9-5-2-6-10-12/h4-10,19H,1-3H3;1-10H. The van der Waals surface area contributed by atoms with Gasteiger partial charge < -0.3 is 4.57 Å². The fourth-order valence-corrected chi connectivity index (χ4v) is 6.77. The number of rotatable bonds is 6. The molecule has 0 fully saturated rings. The third kappa shape index (κ3) is 7.50. The van der Waals surface area contributed by atoms with Crippen molar-refractivity contribution >= 4 is 40.2 Å². The van der Waals surface area contributed by atoms with E-state index in [4.69, 9.17) is 0 Å². The molecule has 1 atom stereocenters. The van der Waals surface area contributed by atoms with Gasteiger partial charge in [0.25, 0.3) is 0 Å². The third-order valence-corrected chi connectivity index (χ3v) is 8.80. The van der Waals surface area contributed by atoms with Crippen LogP contribution in [-0.4, -0.2) is 5.52 Å². The van der Waals surface area contributed by atoms with Gasteiger partial charge in [0.1, 0.15) is 0 Å². The highest BCUT2D eigenvalue weighted by molar-refractivity contribution is 8.76. The van der Waals surface area contributed by atoms with Gasteiger partial charge in [0.2, 0.25) is 5.52 Å². The Labute approximate surface area is 205 Å². The molecule has 0 aliphatic rings. The van der Waals surface area contributed by atoms with Crippen molar-refractivity contribution in [2.75, 3.05) is 0 Å². The van der Waals surface area contributed by atoms with Gasteiger partial charge in [-0.1, -0.05) is 106 Å². The predicted octanol–water partition coefficient (Wildman–Crippen LogP) is 8.12. The zero-order chi connectivity index (χ0) is 23.6. The van der Waals surface area contributed by atoms with Crippen LogP contribution in [-0.2, 0) is 4.57 Å². The monoisotopic (exact) mass is 490 g/mol. The van der Waals surface area contributed by atoms with E-state index in [-0.39, 0.29) is 5.52 Å². The van der Waals surface area contributed by atoms with Gasteiger partial charge in [-0.3, -0.25) is 4.79 Å². The normalized spacial score (nSPS) is 11.2. The van der Waals surface area contributed by atoms with Crippen LogP contribution in [0.2, 0.25) is 0 Å². The average molecular weight is 491 g/mol. The van der Waals surface area contributed by atoms with E-state index in [2.05, 4.69) is 48.5 Å². The van der Waals surface area contributed by atoms with Gasteiger partial charge in [0, 0.05) is 20.7 Å². The van der Waals surface area contributed by atoms with E-state index in [1.165, 1.54) is 9.79 Å². The smallest absolute Gasteiger partial charge is 0.223 e. The molecule has 0 aliphatic carbocycles. The van der Waals surface area contributed by atoms with Crippen LogP contribution < -0.4 is 5.30 Å². The Hall–Kier alpha value is -2.52. The topological polar surface area (TPSA) is 34.1 Å². The van der Waals surface area contributed by atoms with Gasteiger partial charge in [-0.05, 0) is 56.2 Å². The van der Waals surface area contributed by atoms with Gasteiger partial charge in [-0.25, -0.2) is 0 Å². The fourth-order valence-electron chi connectivity index (χ4n) is 3.42.